The molecule has 5 nitrogen and oxygen atoms in total. The van der Waals surface area contributed by atoms with Crippen molar-refractivity contribution in [2.24, 2.45) is 5.10 Å². The smallest absolute Gasteiger partial charge is 0.229 e. The minimum absolute atomic E-state index is 0.0644. The number of hydrazone groups is 1. The highest BCUT2D eigenvalue weighted by Gasteiger charge is 2.23. The molecule has 2 N–H and O–H groups in total. The number of hydrogen-bond donors (Lipinski definition) is 2. The lowest BCUT2D eigenvalue weighted by Gasteiger charge is -2.26. The molecule has 1 rings (SSSR count). The fourth-order valence-electron chi connectivity index (χ4n) is 1.11. The van der Waals surface area contributed by atoms with E-state index in [0.717, 1.165) is 5.75 Å². The number of carbonyl (C=O) groups is 1. The van der Waals surface area contributed by atoms with Gasteiger partial charge in [-0.05, 0) is 12.2 Å². The van der Waals surface area contributed by atoms with Crippen molar-refractivity contribution in [3.05, 3.63) is 12.7 Å². The third-order valence-electron chi connectivity index (χ3n) is 1.87. The van der Waals surface area contributed by atoms with Crippen LogP contribution < -0.4 is 10.7 Å². The van der Waals surface area contributed by atoms with E-state index < -0.39 is 0 Å². The first-order valence-electron chi connectivity index (χ1n) is 4.78. The highest BCUT2D eigenvalue weighted by Crippen LogP contribution is 2.18. The summed E-state index contributed by atoms with van der Waals surface area (Å²) in [4.78, 5) is 13.2. The van der Waals surface area contributed by atoms with Crippen molar-refractivity contribution in [3.63, 3.8) is 0 Å². The van der Waals surface area contributed by atoms with Crippen LogP contribution in [0, 0.1) is 0 Å². The zero-order chi connectivity index (χ0) is 12.0. The molecule has 0 spiro atoms. The van der Waals surface area contributed by atoms with Crippen molar-refractivity contribution in [1.29, 1.82) is 0 Å². The van der Waals surface area contributed by atoms with E-state index in [-0.39, 0.29) is 5.91 Å². The van der Waals surface area contributed by atoms with Gasteiger partial charge >= 0.3 is 0 Å². The van der Waals surface area contributed by atoms with E-state index in [9.17, 15) is 4.79 Å². The lowest BCUT2D eigenvalue weighted by molar-refractivity contribution is -0.126. The molecule has 0 aliphatic carbocycles. The Hall–Kier alpha value is -1.08. The molecule has 1 aliphatic heterocycles. The molecule has 0 aromatic heterocycles. The van der Waals surface area contributed by atoms with E-state index in [1.165, 1.54) is 11.8 Å². The van der Waals surface area contributed by atoms with Crippen molar-refractivity contribution < 1.29 is 4.79 Å². The van der Waals surface area contributed by atoms with Gasteiger partial charge in [0.2, 0.25) is 5.91 Å². The van der Waals surface area contributed by atoms with E-state index in [2.05, 4.69) is 22.4 Å². The number of thiocarbonyl (C=S) groups is 1. The number of amides is 1. The summed E-state index contributed by atoms with van der Waals surface area (Å²) < 4.78 is 0. The number of nitrogens with zero attached hydrogens (tertiary/aromatic N) is 2. The van der Waals surface area contributed by atoms with Gasteiger partial charge in [0.15, 0.2) is 10.3 Å². The maximum atomic E-state index is 11.6. The maximum Gasteiger partial charge on any atom is 0.229 e. The van der Waals surface area contributed by atoms with Crippen molar-refractivity contribution in [1.82, 2.24) is 15.6 Å². The molecule has 16 heavy (non-hydrogen) atoms. The Morgan fingerprint density at radius 3 is 3.19 bits per heavy atom. The van der Waals surface area contributed by atoms with Gasteiger partial charge < -0.3 is 5.32 Å². The second kappa shape index (κ2) is 6.49. The van der Waals surface area contributed by atoms with Gasteiger partial charge in [0.1, 0.15) is 0 Å². The average Bonchev–Trinajstić information content (AvgIpc) is 2.29. The molecule has 88 valence electrons. The zero-order valence-electron chi connectivity index (χ0n) is 9.02. The van der Waals surface area contributed by atoms with Crippen molar-refractivity contribution in [3.8, 4) is 0 Å². The zero-order valence-corrected chi connectivity index (χ0v) is 10.7. The van der Waals surface area contributed by atoms with Gasteiger partial charge in [0.25, 0.3) is 0 Å². The highest BCUT2D eigenvalue weighted by molar-refractivity contribution is 8.13. The number of amidine groups is 1. The molecule has 1 heterocycles. The lowest BCUT2D eigenvalue weighted by Crippen LogP contribution is -2.41. The highest BCUT2D eigenvalue weighted by atomic mass is 32.2. The monoisotopic (exact) mass is 258 g/mol. The summed E-state index contributed by atoms with van der Waals surface area (Å²) in [5.41, 5.74) is 2.67. The molecule has 1 aliphatic rings. The van der Waals surface area contributed by atoms with Crippen LogP contribution in [-0.2, 0) is 4.79 Å². The first kappa shape index (κ1) is 13.0. The Balaban J connectivity index is 2.70. The molecular weight excluding hydrogens is 244 g/mol. The van der Waals surface area contributed by atoms with E-state index in [0.29, 0.717) is 23.2 Å². The molecule has 0 radical (unpaired) electrons. The number of rotatable bonds is 3. The molecule has 0 aromatic rings. The summed E-state index contributed by atoms with van der Waals surface area (Å²) in [5.74, 6) is 0.814. The fraction of sp³-hybridized carbons (Fsp3) is 0.444. The maximum absolute atomic E-state index is 11.6. The standard InChI is InChI=1S/C9H14N4OS2/c1-3-5-13-7(14)4-6-16-9(13)12-11-8(15)10-2/h3H,1,4-6H2,2H3,(H2,10,11,15)/b12-9-. The van der Waals surface area contributed by atoms with Gasteiger partial charge in [-0.2, -0.15) is 0 Å². The second-order valence-corrected chi connectivity index (χ2v) is 4.45. The molecular formula is C9H14N4OS2. The van der Waals surface area contributed by atoms with Crippen LogP contribution in [0.3, 0.4) is 0 Å². The molecule has 0 unspecified atom stereocenters. The molecule has 1 fully saturated rings. The average molecular weight is 258 g/mol. The Morgan fingerprint density at radius 2 is 2.56 bits per heavy atom. The number of hydrogen-bond acceptors (Lipinski definition) is 4. The predicted octanol–water partition coefficient (Wildman–Crippen LogP) is 0.503. The van der Waals surface area contributed by atoms with Gasteiger partial charge in [-0.15, -0.1) is 11.7 Å². The Morgan fingerprint density at radius 1 is 1.81 bits per heavy atom. The van der Waals surface area contributed by atoms with Crippen LogP contribution in [0.5, 0.6) is 0 Å². The first-order valence-corrected chi connectivity index (χ1v) is 6.18. The largest absolute Gasteiger partial charge is 0.364 e. The molecule has 1 amide bonds. The van der Waals surface area contributed by atoms with E-state index >= 15 is 0 Å². The third-order valence-corrected chi connectivity index (χ3v) is 3.14. The second-order valence-electron chi connectivity index (χ2n) is 2.98. The number of carbonyl (C=O) groups excluding carboxylic acids is 1. The minimum Gasteiger partial charge on any atom is -0.364 e. The van der Waals surface area contributed by atoms with Crippen LogP contribution in [0.2, 0.25) is 0 Å². The summed E-state index contributed by atoms with van der Waals surface area (Å²) in [7, 11) is 1.70. The minimum atomic E-state index is 0.0644. The summed E-state index contributed by atoms with van der Waals surface area (Å²) in [6.45, 7) is 4.09. The Labute approximate surface area is 104 Å². The summed E-state index contributed by atoms with van der Waals surface area (Å²) >= 11 is 6.42. The summed E-state index contributed by atoms with van der Waals surface area (Å²) in [6, 6.07) is 0. The molecule has 1 saturated heterocycles. The molecule has 0 atom stereocenters. The van der Waals surface area contributed by atoms with E-state index in [1.807, 2.05) is 0 Å². The SMILES string of the molecule is C=CCN1C(=O)CCS/C1=N\NC(=S)NC. The van der Waals surface area contributed by atoms with Crippen molar-refractivity contribution in [2.75, 3.05) is 19.3 Å². The first-order chi connectivity index (χ1) is 7.69. The number of nitrogens with one attached hydrogen (secondary N) is 2. The van der Waals surface area contributed by atoms with Crippen LogP contribution in [0.1, 0.15) is 6.42 Å². The van der Waals surface area contributed by atoms with E-state index in [4.69, 9.17) is 12.2 Å². The quantitative estimate of drug-likeness (QED) is 0.439. The number of thioether (sulfide) groups is 1. The van der Waals surface area contributed by atoms with Crippen LogP contribution in [-0.4, -0.2) is 40.4 Å². The van der Waals surface area contributed by atoms with Crippen molar-refractivity contribution >= 4 is 40.2 Å². The van der Waals surface area contributed by atoms with E-state index in [1.54, 1.807) is 18.0 Å². The third kappa shape index (κ3) is 3.49. The predicted molar refractivity (Wildman–Crippen MR) is 71.2 cm³/mol. The lowest BCUT2D eigenvalue weighted by atomic mass is 10.4. The van der Waals surface area contributed by atoms with Crippen LogP contribution in [0.4, 0.5) is 0 Å². The van der Waals surface area contributed by atoms with Crippen LogP contribution in [0.25, 0.3) is 0 Å². The Kier molecular flexibility index (Phi) is 5.27. The van der Waals surface area contributed by atoms with Crippen LogP contribution >= 0.6 is 24.0 Å². The van der Waals surface area contributed by atoms with Gasteiger partial charge in [-0.3, -0.25) is 15.1 Å². The Bertz CT molecular complexity index is 329. The molecule has 7 heteroatoms. The topological polar surface area (TPSA) is 56.7 Å². The van der Waals surface area contributed by atoms with Crippen molar-refractivity contribution in [2.45, 2.75) is 6.42 Å². The molecule has 0 bridgehead atoms. The summed E-state index contributed by atoms with van der Waals surface area (Å²) in [5, 5.41) is 7.88. The van der Waals surface area contributed by atoms with Gasteiger partial charge in [-0.1, -0.05) is 17.8 Å². The van der Waals surface area contributed by atoms with Crippen LogP contribution in [0.15, 0.2) is 17.8 Å². The normalized spacial score (nSPS) is 18.4. The fourth-order valence-corrected chi connectivity index (χ4v) is 2.05. The summed E-state index contributed by atoms with van der Waals surface area (Å²) in [6.07, 6.45) is 2.21. The van der Waals surface area contributed by atoms with Gasteiger partial charge in [-0.25, -0.2) is 0 Å². The molecule has 0 saturated carbocycles. The molecule has 0 aromatic carbocycles. The van der Waals surface area contributed by atoms with Gasteiger partial charge in [0.05, 0.1) is 0 Å². The van der Waals surface area contributed by atoms with Gasteiger partial charge in [0, 0.05) is 25.8 Å².